The highest BCUT2D eigenvalue weighted by molar-refractivity contribution is 5.96. The predicted octanol–water partition coefficient (Wildman–Crippen LogP) is 0.519. The molecule has 0 bridgehead atoms. The second kappa shape index (κ2) is 6.03. The Labute approximate surface area is 138 Å². The Morgan fingerprint density at radius 3 is 2.92 bits per heavy atom. The number of carbonyl (C=O) groups is 1. The van der Waals surface area contributed by atoms with Gasteiger partial charge in [-0.1, -0.05) is 0 Å². The fourth-order valence-corrected chi connectivity index (χ4v) is 3.41. The molecular weight excluding hydrogens is 312 g/mol. The standard InChI is InChI=1S/C16H20N4O4/c1-23-7-4-19-9-11-14(16(19)22)17-13-8-12(18-20(13)15(11)21)10-2-5-24-6-3-10/h8,10,17H,2-7,9H2,1H3. The number of hydrogen-bond acceptors (Lipinski definition) is 5. The number of fused-ring (bicyclic) bond motifs is 2. The minimum atomic E-state index is -0.217. The minimum absolute atomic E-state index is 0.157. The molecule has 0 atom stereocenters. The van der Waals surface area contributed by atoms with Crippen molar-refractivity contribution in [2.24, 2.45) is 0 Å². The van der Waals surface area contributed by atoms with Crippen LogP contribution in [0.25, 0.3) is 5.65 Å². The monoisotopic (exact) mass is 332 g/mol. The number of amides is 1. The summed E-state index contributed by atoms with van der Waals surface area (Å²) in [6.07, 6.45) is 1.81. The van der Waals surface area contributed by atoms with Crippen molar-refractivity contribution in [2.45, 2.75) is 25.3 Å². The van der Waals surface area contributed by atoms with Crippen LogP contribution in [-0.2, 0) is 16.0 Å². The van der Waals surface area contributed by atoms with Crippen LogP contribution in [0, 0.1) is 0 Å². The van der Waals surface area contributed by atoms with E-state index in [2.05, 4.69) is 10.1 Å². The molecule has 1 saturated heterocycles. The fourth-order valence-electron chi connectivity index (χ4n) is 3.41. The van der Waals surface area contributed by atoms with Crippen molar-refractivity contribution in [3.8, 4) is 0 Å². The van der Waals surface area contributed by atoms with Gasteiger partial charge >= 0.3 is 0 Å². The van der Waals surface area contributed by atoms with Gasteiger partial charge in [0.15, 0.2) is 0 Å². The smallest absolute Gasteiger partial charge is 0.280 e. The van der Waals surface area contributed by atoms with Crippen LogP contribution in [0.5, 0.6) is 0 Å². The first-order valence-corrected chi connectivity index (χ1v) is 8.20. The number of ether oxygens (including phenoxy) is 2. The molecular formula is C16H20N4O4. The molecule has 2 aromatic rings. The van der Waals surface area contributed by atoms with Gasteiger partial charge < -0.3 is 19.4 Å². The van der Waals surface area contributed by atoms with Gasteiger partial charge in [0.1, 0.15) is 11.3 Å². The highest BCUT2D eigenvalue weighted by Crippen LogP contribution is 2.26. The van der Waals surface area contributed by atoms with Crippen LogP contribution in [-0.4, -0.2) is 58.9 Å². The summed E-state index contributed by atoms with van der Waals surface area (Å²) in [6, 6.07) is 1.88. The lowest BCUT2D eigenvalue weighted by molar-refractivity contribution is 0.0715. The van der Waals surface area contributed by atoms with Gasteiger partial charge in [0.2, 0.25) is 0 Å². The summed E-state index contributed by atoms with van der Waals surface area (Å²) in [6.45, 7) is 2.65. The third-order valence-electron chi connectivity index (χ3n) is 4.79. The lowest BCUT2D eigenvalue weighted by Crippen LogP contribution is -2.28. The van der Waals surface area contributed by atoms with E-state index in [1.54, 1.807) is 12.0 Å². The molecule has 128 valence electrons. The summed E-state index contributed by atoms with van der Waals surface area (Å²) in [5.74, 6) is 0.144. The van der Waals surface area contributed by atoms with Crippen LogP contribution >= 0.6 is 0 Å². The Balaban J connectivity index is 1.70. The van der Waals surface area contributed by atoms with Crippen molar-refractivity contribution in [3.05, 3.63) is 33.4 Å². The molecule has 1 fully saturated rings. The van der Waals surface area contributed by atoms with Crippen LogP contribution in [0.15, 0.2) is 10.9 Å². The largest absolute Gasteiger partial charge is 0.383 e. The zero-order valence-corrected chi connectivity index (χ0v) is 13.6. The number of methoxy groups -OCH3 is 1. The average Bonchev–Trinajstić information content (AvgIpc) is 3.17. The Bertz CT molecular complexity index is 834. The SMILES string of the molecule is COCCN1Cc2c([nH]c3cc(C4CCOCC4)nn3c2=O)C1=O. The van der Waals surface area contributed by atoms with E-state index in [4.69, 9.17) is 9.47 Å². The third kappa shape index (κ3) is 2.42. The van der Waals surface area contributed by atoms with E-state index in [9.17, 15) is 9.59 Å². The number of nitrogens with one attached hydrogen (secondary N) is 1. The van der Waals surface area contributed by atoms with E-state index < -0.39 is 0 Å². The van der Waals surface area contributed by atoms with E-state index in [-0.39, 0.29) is 11.5 Å². The second-order valence-corrected chi connectivity index (χ2v) is 6.26. The molecule has 4 heterocycles. The maximum absolute atomic E-state index is 12.7. The maximum atomic E-state index is 12.7. The zero-order chi connectivity index (χ0) is 16.7. The highest BCUT2D eigenvalue weighted by Gasteiger charge is 2.32. The number of hydrogen-bond donors (Lipinski definition) is 1. The molecule has 2 aliphatic heterocycles. The molecule has 0 spiro atoms. The van der Waals surface area contributed by atoms with Crippen molar-refractivity contribution >= 4 is 11.6 Å². The van der Waals surface area contributed by atoms with E-state index in [0.29, 0.717) is 42.5 Å². The van der Waals surface area contributed by atoms with Gasteiger partial charge in [0, 0.05) is 38.9 Å². The Morgan fingerprint density at radius 2 is 2.17 bits per heavy atom. The molecule has 0 unspecified atom stereocenters. The number of aromatic nitrogens is 3. The van der Waals surface area contributed by atoms with Gasteiger partial charge in [-0.2, -0.15) is 9.61 Å². The topological polar surface area (TPSA) is 88.9 Å². The Hall–Kier alpha value is -2.19. The molecule has 24 heavy (non-hydrogen) atoms. The second-order valence-electron chi connectivity index (χ2n) is 6.26. The van der Waals surface area contributed by atoms with Crippen LogP contribution < -0.4 is 5.56 Å². The van der Waals surface area contributed by atoms with Gasteiger partial charge in [-0.15, -0.1) is 0 Å². The third-order valence-corrected chi connectivity index (χ3v) is 4.79. The average molecular weight is 332 g/mol. The number of H-pyrrole nitrogens is 1. The quantitative estimate of drug-likeness (QED) is 0.882. The molecule has 2 aromatic heterocycles. The minimum Gasteiger partial charge on any atom is -0.383 e. The summed E-state index contributed by atoms with van der Waals surface area (Å²) in [7, 11) is 1.59. The van der Waals surface area contributed by atoms with E-state index in [0.717, 1.165) is 31.7 Å². The van der Waals surface area contributed by atoms with Crippen molar-refractivity contribution in [2.75, 3.05) is 33.5 Å². The lowest BCUT2D eigenvalue weighted by atomic mass is 9.97. The molecule has 8 heteroatoms. The molecule has 4 rings (SSSR count). The zero-order valence-electron chi connectivity index (χ0n) is 13.6. The Morgan fingerprint density at radius 1 is 1.38 bits per heavy atom. The molecule has 1 N–H and O–H groups in total. The van der Waals surface area contributed by atoms with Gasteiger partial charge in [0.05, 0.1) is 24.4 Å². The van der Waals surface area contributed by atoms with Crippen molar-refractivity contribution in [3.63, 3.8) is 0 Å². The van der Waals surface area contributed by atoms with Gasteiger partial charge in [-0.05, 0) is 12.8 Å². The van der Waals surface area contributed by atoms with E-state index in [1.165, 1.54) is 4.52 Å². The number of nitrogens with zero attached hydrogens (tertiary/aromatic N) is 3. The fraction of sp³-hybridized carbons (Fsp3) is 0.562. The number of rotatable bonds is 4. The van der Waals surface area contributed by atoms with E-state index >= 15 is 0 Å². The molecule has 8 nitrogen and oxygen atoms in total. The summed E-state index contributed by atoms with van der Waals surface area (Å²) in [5.41, 5.74) is 2.10. The van der Waals surface area contributed by atoms with Crippen LogP contribution in [0.2, 0.25) is 0 Å². The van der Waals surface area contributed by atoms with Crippen molar-refractivity contribution in [1.82, 2.24) is 19.5 Å². The van der Waals surface area contributed by atoms with Gasteiger partial charge in [-0.25, -0.2) is 0 Å². The van der Waals surface area contributed by atoms with Gasteiger partial charge in [0.25, 0.3) is 11.5 Å². The van der Waals surface area contributed by atoms with Crippen LogP contribution in [0.3, 0.4) is 0 Å². The first kappa shape index (κ1) is 15.3. The summed E-state index contributed by atoms with van der Waals surface area (Å²) in [4.78, 5) is 29.9. The highest BCUT2D eigenvalue weighted by atomic mass is 16.5. The molecule has 0 radical (unpaired) electrons. The predicted molar refractivity (Wildman–Crippen MR) is 85.2 cm³/mol. The summed E-state index contributed by atoms with van der Waals surface area (Å²) in [5, 5.41) is 4.49. The normalized spacial score (nSPS) is 18.5. The molecule has 0 aromatic carbocycles. The molecule has 2 aliphatic rings. The maximum Gasteiger partial charge on any atom is 0.280 e. The summed E-state index contributed by atoms with van der Waals surface area (Å²) < 4.78 is 11.8. The van der Waals surface area contributed by atoms with Crippen molar-refractivity contribution < 1.29 is 14.3 Å². The first-order valence-electron chi connectivity index (χ1n) is 8.20. The van der Waals surface area contributed by atoms with Gasteiger partial charge in [-0.3, -0.25) is 9.59 Å². The molecule has 1 amide bonds. The van der Waals surface area contributed by atoms with E-state index in [1.807, 2.05) is 6.07 Å². The van der Waals surface area contributed by atoms with Crippen LogP contribution in [0.4, 0.5) is 0 Å². The van der Waals surface area contributed by atoms with Crippen LogP contribution in [0.1, 0.15) is 40.5 Å². The first-order chi connectivity index (χ1) is 11.7. The van der Waals surface area contributed by atoms with Crippen molar-refractivity contribution in [1.29, 1.82) is 0 Å². The lowest BCUT2D eigenvalue weighted by Gasteiger charge is -2.19. The summed E-state index contributed by atoms with van der Waals surface area (Å²) >= 11 is 0. The Kier molecular flexibility index (Phi) is 3.85. The number of aromatic amines is 1. The number of carbonyl (C=O) groups excluding carboxylic acids is 1. The molecule has 0 aliphatic carbocycles. The molecule has 0 saturated carbocycles.